The van der Waals surface area contributed by atoms with Crippen LogP contribution in [-0.4, -0.2) is 0 Å². The van der Waals surface area contributed by atoms with Crippen molar-refractivity contribution in [3.63, 3.8) is 0 Å². The number of benzene rings is 2. The van der Waals surface area contributed by atoms with Gasteiger partial charge < -0.3 is 0 Å². The summed E-state index contributed by atoms with van der Waals surface area (Å²) in [6.45, 7) is 0. The van der Waals surface area contributed by atoms with E-state index in [2.05, 4.69) is 48.6 Å². The molecule has 0 spiro atoms. The highest BCUT2D eigenvalue weighted by Crippen LogP contribution is 2.47. The van der Waals surface area contributed by atoms with Crippen LogP contribution >= 0.6 is 0 Å². The first kappa shape index (κ1) is 11.3. The fourth-order valence-corrected chi connectivity index (χ4v) is 4.94. The van der Waals surface area contributed by atoms with Crippen molar-refractivity contribution in [2.75, 3.05) is 0 Å². The second-order valence-electron chi connectivity index (χ2n) is 6.74. The molecule has 104 valence electrons. The molecule has 6 rings (SSSR count). The summed E-state index contributed by atoms with van der Waals surface area (Å²) in [5.74, 6) is 0. The van der Waals surface area contributed by atoms with Gasteiger partial charge in [0.15, 0.2) is 0 Å². The van der Waals surface area contributed by atoms with Crippen molar-refractivity contribution in [1.82, 2.24) is 0 Å². The van der Waals surface area contributed by atoms with E-state index in [1.54, 1.807) is 27.6 Å². The molecule has 0 nitrogen and oxygen atoms in total. The van der Waals surface area contributed by atoms with E-state index in [0.717, 1.165) is 25.7 Å². The van der Waals surface area contributed by atoms with Gasteiger partial charge in [-0.1, -0.05) is 48.6 Å². The molecule has 4 aliphatic carbocycles. The molecule has 0 aromatic heterocycles. The van der Waals surface area contributed by atoms with Gasteiger partial charge in [-0.15, -0.1) is 0 Å². The minimum atomic E-state index is 1.10. The lowest BCUT2D eigenvalue weighted by Crippen LogP contribution is -2.02. The minimum Gasteiger partial charge on any atom is -0.0795 e. The van der Waals surface area contributed by atoms with Gasteiger partial charge >= 0.3 is 0 Å². The van der Waals surface area contributed by atoms with Gasteiger partial charge in [0.1, 0.15) is 0 Å². The van der Waals surface area contributed by atoms with Crippen molar-refractivity contribution in [3.05, 3.63) is 68.8 Å². The molecule has 0 amide bonds. The lowest BCUT2D eigenvalue weighted by atomic mass is 9.83. The predicted molar refractivity (Wildman–Crippen MR) is 94.9 cm³/mol. The Kier molecular flexibility index (Phi) is 1.89. The van der Waals surface area contributed by atoms with E-state index in [-0.39, 0.29) is 0 Å². The monoisotopic (exact) mass is 280 g/mol. The highest BCUT2D eigenvalue weighted by Gasteiger charge is 2.28. The summed E-state index contributed by atoms with van der Waals surface area (Å²) in [4.78, 5) is 0. The van der Waals surface area contributed by atoms with E-state index in [1.165, 1.54) is 27.6 Å². The smallest absolute Gasteiger partial charge is 0.00267 e. The van der Waals surface area contributed by atoms with Gasteiger partial charge in [-0.3, -0.25) is 0 Å². The Morgan fingerprint density at radius 3 is 1.32 bits per heavy atom. The Bertz CT molecular complexity index is 928. The molecular weight excluding hydrogens is 264 g/mol. The second-order valence-corrected chi connectivity index (χ2v) is 6.74. The highest BCUT2D eigenvalue weighted by atomic mass is 14.3. The van der Waals surface area contributed by atoms with Crippen molar-refractivity contribution < 1.29 is 0 Å². The standard InChI is InChI=1S/C22H16/c1-5-13-14-6-2-10-18(14)22-20-12-4-8-16(20)15-7-3-11-19(15)21(22)17(13)9-1/h1-5,7,10,12H,6,8-9,11H2. The molecule has 0 heterocycles. The molecule has 2 aromatic rings. The molecule has 22 heavy (non-hydrogen) atoms. The van der Waals surface area contributed by atoms with Crippen LogP contribution in [0.15, 0.2) is 24.3 Å². The summed E-state index contributed by atoms with van der Waals surface area (Å²) < 4.78 is 0. The van der Waals surface area contributed by atoms with Crippen molar-refractivity contribution in [2.24, 2.45) is 0 Å². The minimum absolute atomic E-state index is 1.10. The van der Waals surface area contributed by atoms with Gasteiger partial charge in [-0.05, 0) is 81.0 Å². The van der Waals surface area contributed by atoms with Crippen LogP contribution in [0.1, 0.15) is 44.5 Å². The first-order valence-corrected chi connectivity index (χ1v) is 8.29. The SMILES string of the molecule is C1=Cc2c(c3c(c4c5c(c6c(c24)C=CC6)C=CC5)CC=C3)C1. The van der Waals surface area contributed by atoms with Crippen LogP contribution in [0.2, 0.25) is 0 Å². The van der Waals surface area contributed by atoms with E-state index in [0.29, 0.717) is 0 Å². The molecule has 0 fully saturated rings. The molecule has 0 N–H and O–H groups in total. The Morgan fingerprint density at radius 1 is 0.409 bits per heavy atom. The molecule has 4 aliphatic rings. The Labute approximate surface area is 130 Å². The molecule has 2 aromatic carbocycles. The summed E-state index contributed by atoms with van der Waals surface area (Å²) >= 11 is 0. The van der Waals surface area contributed by atoms with Crippen LogP contribution in [0, 0.1) is 0 Å². The summed E-state index contributed by atoms with van der Waals surface area (Å²) in [6, 6.07) is 0. The van der Waals surface area contributed by atoms with Crippen LogP contribution in [0.25, 0.3) is 35.1 Å². The number of fused-ring (bicyclic) bond motifs is 11. The van der Waals surface area contributed by atoms with E-state index in [4.69, 9.17) is 0 Å². The fourth-order valence-electron chi connectivity index (χ4n) is 4.94. The van der Waals surface area contributed by atoms with Gasteiger partial charge in [0.2, 0.25) is 0 Å². The molecule has 0 bridgehead atoms. The maximum atomic E-state index is 2.37. The summed E-state index contributed by atoms with van der Waals surface area (Å²) in [5.41, 5.74) is 12.3. The van der Waals surface area contributed by atoms with Gasteiger partial charge in [0, 0.05) is 0 Å². The van der Waals surface area contributed by atoms with Gasteiger partial charge in [-0.2, -0.15) is 0 Å². The second kappa shape index (κ2) is 3.70. The zero-order valence-electron chi connectivity index (χ0n) is 12.4. The molecule has 0 aliphatic heterocycles. The van der Waals surface area contributed by atoms with Crippen molar-refractivity contribution >= 4 is 35.1 Å². The molecular formula is C22H16. The van der Waals surface area contributed by atoms with Crippen LogP contribution in [0.4, 0.5) is 0 Å². The van der Waals surface area contributed by atoms with E-state index >= 15 is 0 Å². The maximum absolute atomic E-state index is 2.37. The molecule has 0 heteroatoms. The lowest BCUT2D eigenvalue weighted by Gasteiger charge is -2.20. The highest BCUT2D eigenvalue weighted by molar-refractivity contribution is 6.09. The summed E-state index contributed by atoms with van der Waals surface area (Å²) in [6.07, 6.45) is 23.2. The molecule has 0 saturated heterocycles. The van der Waals surface area contributed by atoms with E-state index in [1.807, 2.05) is 0 Å². The largest absolute Gasteiger partial charge is 0.0795 e. The number of rotatable bonds is 0. The van der Waals surface area contributed by atoms with Crippen LogP contribution in [-0.2, 0) is 25.7 Å². The van der Waals surface area contributed by atoms with Crippen molar-refractivity contribution in [1.29, 1.82) is 0 Å². The Balaban J connectivity index is 1.93. The fraction of sp³-hybridized carbons (Fsp3) is 0.182. The van der Waals surface area contributed by atoms with Crippen LogP contribution in [0.3, 0.4) is 0 Å². The average Bonchev–Trinajstić information content (AvgIpc) is 3.28. The first-order chi connectivity index (χ1) is 10.9. The first-order valence-electron chi connectivity index (χ1n) is 8.29. The molecule has 0 radical (unpaired) electrons. The molecule has 0 atom stereocenters. The molecule has 0 unspecified atom stereocenters. The lowest BCUT2D eigenvalue weighted by molar-refractivity contribution is 1.22. The van der Waals surface area contributed by atoms with Crippen LogP contribution in [0.5, 0.6) is 0 Å². The van der Waals surface area contributed by atoms with Gasteiger partial charge in [0.05, 0.1) is 0 Å². The Morgan fingerprint density at radius 2 is 0.818 bits per heavy atom. The van der Waals surface area contributed by atoms with Crippen molar-refractivity contribution in [3.8, 4) is 0 Å². The third-order valence-corrected chi connectivity index (χ3v) is 5.77. The van der Waals surface area contributed by atoms with E-state index in [9.17, 15) is 0 Å². The number of hydrogen-bond donors (Lipinski definition) is 0. The van der Waals surface area contributed by atoms with Crippen LogP contribution < -0.4 is 0 Å². The van der Waals surface area contributed by atoms with Gasteiger partial charge in [0.25, 0.3) is 0 Å². The third kappa shape index (κ3) is 1.14. The molecule has 0 saturated carbocycles. The topological polar surface area (TPSA) is 0 Å². The average molecular weight is 280 g/mol. The van der Waals surface area contributed by atoms with Crippen molar-refractivity contribution in [2.45, 2.75) is 25.7 Å². The normalized spacial score (nSPS) is 18.4. The number of hydrogen-bond acceptors (Lipinski definition) is 0. The van der Waals surface area contributed by atoms with E-state index < -0.39 is 0 Å². The quantitative estimate of drug-likeness (QED) is 0.628. The third-order valence-electron chi connectivity index (χ3n) is 5.77. The summed E-state index contributed by atoms with van der Waals surface area (Å²) in [7, 11) is 0. The number of allylic oxidation sites excluding steroid dienone is 4. The zero-order chi connectivity index (χ0) is 14.3. The predicted octanol–water partition coefficient (Wildman–Crippen LogP) is 5.12. The zero-order valence-corrected chi connectivity index (χ0v) is 12.4. The Hall–Kier alpha value is -2.34. The summed E-state index contributed by atoms with van der Waals surface area (Å²) in [5, 5.41) is 3.10. The maximum Gasteiger partial charge on any atom is -0.00267 e. The van der Waals surface area contributed by atoms with Gasteiger partial charge in [-0.25, -0.2) is 0 Å².